The Morgan fingerprint density at radius 1 is 1.46 bits per heavy atom. The number of nitrogens with one attached hydrogen (secondary N) is 1. The predicted molar refractivity (Wildman–Crippen MR) is 47.6 cm³/mol. The van der Waals surface area contributed by atoms with Gasteiger partial charge in [0.25, 0.3) is 0 Å². The van der Waals surface area contributed by atoms with Crippen molar-refractivity contribution in [1.29, 1.82) is 0 Å². The predicted octanol–water partition coefficient (Wildman–Crippen LogP) is 1.46. The summed E-state index contributed by atoms with van der Waals surface area (Å²) in [5.74, 6) is 0.109. The number of halogens is 3. The van der Waals surface area contributed by atoms with Crippen molar-refractivity contribution in [2.45, 2.75) is 12.4 Å². The highest BCUT2D eigenvalue weighted by Gasteiger charge is 2.27. The average molecular weight is 217 g/mol. The molecule has 0 amide bonds. The third-order valence-electron chi connectivity index (χ3n) is 1.35. The highest BCUT2D eigenvalue weighted by molar-refractivity contribution is 8.00. The molecule has 6 heteroatoms. The highest BCUT2D eigenvalue weighted by atomic mass is 32.2. The first-order valence-electron chi connectivity index (χ1n) is 3.98. The Hall–Kier alpha value is 0.0600. The molecule has 0 radical (unpaired) electrons. The lowest BCUT2D eigenvalue weighted by Crippen LogP contribution is -2.25. The fraction of sp³-hybridized carbons (Fsp3) is 1.00. The van der Waals surface area contributed by atoms with Crippen LogP contribution in [-0.2, 0) is 0 Å². The van der Waals surface area contributed by atoms with Gasteiger partial charge in [-0.25, -0.2) is 0 Å². The van der Waals surface area contributed by atoms with E-state index in [4.69, 9.17) is 5.11 Å². The summed E-state index contributed by atoms with van der Waals surface area (Å²) in [6, 6.07) is 0. The van der Waals surface area contributed by atoms with E-state index in [2.05, 4.69) is 5.32 Å². The maximum atomic E-state index is 11.6. The van der Waals surface area contributed by atoms with Crippen molar-refractivity contribution in [2.75, 3.05) is 25.4 Å². The molecule has 1 atom stereocenters. The van der Waals surface area contributed by atoms with Gasteiger partial charge in [0.15, 0.2) is 0 Å². The van der Waals surface area contributed by atoms with Gasteiger partial charge in [0.2, 0.25) is 0 Å². The van der Waals surface area contributed by atoms with Crippen LogP contribution in [0.1, 0.15) is 6.92 Å². The summed E-state index contributed by atoms with van der Waals surface area (Å²) in [5, 5.41) is 11.4. The van der Waals surface area contributed by atoms with E-state index in [0.29, 0.717) is 13.1 Å². The first-order valence-corrected chi connectivity index (χ1v) is 4.96. The molecule has 1 unspecified atom stereocenters. The Morgan fingerprint density at radius 2 is 2.08 bits per heavy atom. The topological polar surface area (TPSA) is 32.3 Å². The smallest absolute Gasteiger partial charge is 0.396 e. The SMILES string of the molecule is CC(CO)CNCCSC(F)(F)F. The number of hydrogen-bond donors (Lipinski definition) is 2. The van der Waals surface area contributed by atoms with E-state index >= 15 is 0 Å². The van der Waals surface area contributed by atoms with E-state index in [1.807, 2.05) is 6.92 Å². The summed E-state index contributed by atoms with van der Waals surface area (Å²) in [4.78, 5) is 0. The van der Waals surface area contributed by atoms with Crippen molar-refractivity contribution in [2.24, 2.45) is 5.92 Å². The van der Waals surface area contributed by atoms with E-state index < -0.39 is 5.51 Å². The molecule has 0 bridgehead atoms. The molecule has 0 spiro atoms. The Labute approximate surface area is 79.9 Å². The normalized spacial score (nSPS) is 14.5. The molecule has 0 aromatic rings. The summed E-state index contributed by atoms with van der Waals surface area (Å²) in [7, 11) is 0. The average Bonchev–Trinajstić information content (AvgIpc) is 2.01. The van der Waals surface area contributed by atoms with Gasteiger partial charge in [-0.15, -0.1) is 0 Å². The molecule has 0 rings (SSSR count). The molecule has 13 heavy (non-hydrogen) atoms. The molecule has 0 fully saturated rings. The van der Waals surface area contributed by atoms with Crippen LogP contribution < -0.4 is 5.32 Å². The van der Waals surface area contributed by atoms with Crippen molar-refractivity contribution >= 4 is 11.8 Å². The molecule has 0 aliphatic heterocycles. The van der Waals surface area contributed by atoms with Gasteiger partial charge in [0.1, 0.15) is 0 Å². The van der Waals surface area contributed by atoms with Crippen LogP contribution >= 0.6 is 11.8 Å². The summed E-state index contributed by atoms with van der Waals surface area (Å²) < 4.78 is 34.8. The summed E-state index contributed by atoms with van der Waals surface area (Å²) >= 11 is -0.0322. The number of hydrogen-bond acceptors (Lipinski definition) is 3. The Bertz CT molecular complexity index is 131. The van der Waals surface area contributed by atoms with E-state index in [9.17, 15) is 13.2 Å². The standard InChI is InChI=1S/C7H14F3NOS/c1-6(5-12)4-11-2-3-13-7(8,9)10/h6,11-12H,2-5H2,1H3. The van der Waals surface area contributed by atoms with Crippen molar-refractivity contribution in [3.63, 3.8) is 0 Å². The second-order valence-corrected chi connectivity index (χ2v) is 3.95. The molecule has 0 aliphatic carbocycles. The molecular weight excluding hydrogens is 203 g/mol. The minimum Gasteiger partial charge on any atom is -0.396 e. The number of aliphatic hydroxyl groups excluding tert-OH is 1. The number of thioether (sulfide) groups is 1. The molecule has 2 nitrogen and oxygen atoms in total. The molecule has 0 saturated carbocycles. The molecular formula is C7H14F3NOS. The first kappa shape index (κ1) is 13.1. The van der Waals surface area contributed by atoms with Gasteiger partial charge in [-0.1, -0.05) is 6.92 Å². The number of alkyl halides is 3. The minimum absolute atomic E-state index is 0.0155. The summed E-state index contributed by atoms with van der Waals surface area (Å²) in [6.07, 6.45) is 0. The van der Waals surface area contributed by atoms with Crippen LogP contribution in [-0.4, -0.2) is 36.1 Å². The zero-order chi connectivity index (χ0) is 10.3. The first-order chi connectivity index (χ1) is 5.95. The van der Waals surface area contributed by atoms with Crippen molar-refractivity contribution in [3.8, 4) is 0 Å². The zero-order valence-electron chi connectivity index (χ0n) is 7.40. The second kappa shape index (κ2) is 6.50. The van der Waals surface area contributed by atoms with Crippen LogP contribution in [0.3, 0.4) is 0 Å². The van der Waals surface area contributed by atoms with E-state index in [1.165, 1.54) is 0 Å². The van der Waals surface area contributed by atoms with Crippen LogP contribution in [0, 0.1) is 5.92 Å². The van der Waals surface area contributed by atoms with Gasteiger partial charge >= 0.3 is 5.51 Å². The molecule has 0 heterocycles. The van der Waals surface area contributed by atoms with Gasteiger partial charge in [-0.3, -0.25) is 0 Å². The molecule has 0 aromatic heterocycles. The number of rotatable bonds is 6. The van der Waals surface area contributed by atoms with Gasteiger partial charge in [-0.05, 0) is 24.2 Å². The van der Waals surface area contributed by atoms with Crippen LogP contribution in [0.5, 0.6) is 0 Å². The minimum atomic E-state index is -4.13. The lowest BCUT2D eigenvalue weighted by Gasteiger charge is -2.09. The van der Waals surface area contributed by atoms with Gasteiger partial charge < -0.3 is 10.4 Å². The van der Waals surface area contributed by atoms with Crippen LogP contribution in [0.2, 0.25) is 0 Å². The summed E-state index contributed by atoms with van der Waals surface area (Å²) in [5.41, 5.74) is -4.13. The largest absolute Gasteiger partial charge is 0.441 e. The molecule has 2 N–H and O–H groups in total. The fourth-order valence-electron chi connectivity index (χ4n) is 0.652. The van der Waals surface area contributed by atoms with Crippen LogP contribution in [0.25, 0.3) is 0 Å². The van der Waals surface area contributed by atoms with Crippen LogP contribution in [0.4, 0.5) is 13.2 Å². The second-order valence-electron chi connectivity index (χ2n) is 2.79. The van der Waals surface area contributed by atoms with Crippen molar-refractivity contribution < 1.29 is 18.3 Å². The Balaban J connectivity index is 3.18. The maximum Gasteiger partial charge on any atom is 0.441 e. The van der Waals surface area contributed by atoms with Gasteiger partial charge in [0.05, 0.1) is 0 Å². The lowest BCUT2D eigenvalue weighted by molar-refractivity contribution is -0.0327. The molecule has 0 aliphatic rings. The fourth-order valence-corrected chi connectivity index (χ4v) is 1.13. The Morgan fingerprint density at radius 3 is 2.54 bits per heavy atom. The highest BCUT2D eigenvalue weighted by Crippen LogP contribution is 2.29. The summed E-state index contributed by atoms with van der Waals surface area (Å²) in [6.45, 7) is 2.74. The third-order valence-corrected chi connectivity index (χ3v) is 2.08. The zero-order valence-corrected chi connectivity index (χ0v) is 8.21. The van der Waals surface area contributed by atoms with E-state index in [0.717, 1.165) is 0 Å². The quantitative estimate of drug-likeness (QED) is 0.661. The van der Waals surface area contributed by atoms with Gasteiger partial charge in [-0.2, -0.15) is 13.2 Å². The third kappa shape index (κ3) is 9.98. The van der Waals surface area contributed by atoms with Crippen molar-refractivity contribution in [1.82, 2.24) is 5.32 Å². The molecule has 80 valence electrons. The monoisotopic (exact) mass is 217 g/mol. The molecule has 0 saturated heterocycles. The van der Waals surface area contributed by atoms with Gasteiger partial charge in [0, 0.05) is 18.9 Å². The van der Waals surface area contributed by atoms with E-state index in [1.54, 1.807) is 0 Å². The lowest BCUT2D eigenvalue weighted by atomic mass is 10.2. The Kier molecular flexibility index (Phi) is 6.53. The number of aliphatic hydroxyl groups is 1. The van der Waals surface area contributed by atoms with E-state index in [-0.39, 0.29) is 30.0 Å². The van der Waals surface area contributed by atoms with Crippen molar-refractivity contribution in [3.05, 3.63) is 0 Å². The van der Waals surface area contributed by atoms with Crippen LogP contribution in [0.15, 0.2) is 0 Å². The maximum absolute atomic E-state index is 11.6. The molecule has 0 aromatic carbocycles.